The van der Waals surface area contributed by atoms with Gasteiger partial charge in [0.25, 0.3) is 0 Å². The smallest absolute Gasteiger partial charge is 0.341 e. The molecule has 0 aliphatic carbocycles. The largest absolute Gasteiger partial charge is 0.507 e. The second kappa shape index (κ2) is 5.03. The van der Waals surface area contributed by atoms with Gasteiger partial charge in [-0.15, -0.1) is 0 Å². The van der Waals surface area contributed by atoms with Crippen LogP contribution in [0.1, 0.15) is 15.9 Å². The molecule has 15 heavy (non-hydrogen) atoms. The molecule has 4 heteroatoms. The average Bonchev–Trinajstić information content (AvgIpc) is 2.25. The van der Waals surface area contributed by atoms with E-state index in [-0.39, 0.29) is 17.9 Å². The summed E-state index contributed by atoms with van der Waals surface area (Å²) in [5.41, 5.74) is 0.612. The van der Waals surface area contributed by atoms with Crippen LogP contribution < -0.4 is 0 Å². The Bertz CT molecular complexity index is 426. The van der Waals surface area contributed by atoms with E-state index in [2.05, 4.69) is 16.6 Å². The topological polar surface area (TPSA) is 66.8 Å². The van der Waals surface area contributed by atoms with Crippen molar-refractivity contribution >= 4 is 5.97 Å². The fourth-order valence-electron chi connectivity index (χ4n) is 1.03. The monoisotopic (exact) mass is 206 g/mol. The molecule has 0 radical (unpaired) electrons. The van der Waals surface area contributed by atoms with E-state index in [4.69, 9.17) is 5.11 Å². The van der Waals surface area contributed by atoms with Gasteiger partial charge in [-0.1, -0.05) is 11.8 Å². The van der Waals surface area contributed by atoms with Gasteiger partial charge in [-0.3, -0.25) is 0 Å². The Morgan fingerprint density at radius 2 is 2.27 bits per heavy atom. The zero-order valence-corrected chi connectivity index (χ0v) is 8.15. The Morgan fingerprint density at radius 1 is 1.53 bits per heavy atom. The number of carbonyl (C=O) groups excluding carboxylic acids is 1. The number of benzene rings is 1. The summed E-state index contributed by atoms with van der Waals surface area (Å²) in [6.45, 7) is -0.250. The first-order valence-corrected chi connectivity index (χ1v) is 4.20. The van der Waals surface area contributed by atoms with E-state index in [1.807, 2.05) is 0 Å². The summed E-state index contributed by atoms with van der Waals surface area (Å²) >= 11 is 0. The molecule has 4 nitrogen and oxygen atoms in total. The first kappa shape index (κ1) is 11.1. The normalized spacial score (nSPS) is 8.93. The molecule has 2 N–H and O–H groups in total. The summed E-state index contributed by atoms with van der Waals surface area (Å²) in [5.74, 6) is 4.25. The molecule has 78 valence electrons. The van der Waals surface area contributed by atoms with Crippen LogP contribution in [0.3, 0.4) is 0 Å². The Hall–Kier alpha value is -1.99. The summed E-state index contributed by atoms with van der Waals surface area (Å²) in [5, 5.41) is 17.9. The molecular weight excluding hydrogens is 196 g/mol. The lowest BCUT2D eigenvalue weighted by Gasteiger charge is -2.02. The molecular formula is C11H10O4. The van der Waals surface area contributed by atoms with E-state index in [0.29, 0.717) is 5.56 Å². The van der Waals surface area contributed by atoms with Crippen molar-refractivity contribution in [1.29, 1.82) is 0 Å². The predicted molar refractivity (Wildman–Crippen MR) is 53.4 cm³/mol. The van der Waals surface area contributed by atoms with Gasteiger partial charge in [0.2, 0.25) is 0 Å². The predicted octanol–water partition coefficient (Wildman–Crippen LogP) is 0.523. The van der Waals surface area contributed by atoms with Gasteiger partial charge >= 0.3 is 5.97 Å². The first-order chi connectivity index (χ1) is 7.19. The number of hydrogen-bond acceptors (Lipinski definition) is 4. The standard InChI is InChI=1S/C11H10O4/c1-15-11(14)9-5-4-8(3-2-6-12)7-10(9)13/h4-5,7,12-13H,6H2,1H3. The maximum absolute atomic E-state index is 11.1. The van der Waals surface area contributed by atoms with Crippen molar-refractivity contribution < 1.29 is 19.7 Å². The number of carbonyl (C=O) groups is 1. The van der Waals surface area contributed by atoms with E-state index in [1.54, 1.807) is 6.07 Å². The van der Waals surface area contributed by atoms with Crippen LogP contribution in [0.2, 0.25) is 0 Å². The number of methoxy groups -OCH3 is 1. The van der Waals surface area contributed by atoms with Crippen molar-refractivity contribution in [3.05, 3.63) is 29.3 Å². The van der Waals surface area contributed by atoms with Crippen molar-refractivity contribution in [1.82, 2.24) is 0 Å². The number of hydrogen-bond donors (Lipinski definition) is 2. The minimum absolute atomic E-state index is 0.0899. The van der Waals surface area contributed by atoms with Crippen LogP contribution in [0, 0.1) is 11.8 Å². The highest BCUT2D eigenvalue weighted by molar-refractivity contribution is 5.92. The van der Waals surface area contributed by atoms with Crippen molar-refractivity contribution in [2.24, 2.45) is 0 Å². The molecule has 0 amide bonds. The zero-order valence-electron chi connectivity index (χ0n) is 8.15. The number of ether oxygens (including phenoxy) is 1. The zero-order chi connectivity index (χ0) is 11.3. The highest BCUT2D eigenvalue weighted by atomic mass is 16.5. The minimum Gasteiger partial charge on any atom is -0.507 e. The van der Waals surface area contributed by atoms with Gasteiger partial charge in [0.15, 0.2) is 0 Å². The number of esters is 1. The van der Waals surface area contributed by atoms with Gasteiger partial charge in [-0.2, -0.15) is 0 Å². The molecule has 0 heterocycles. The lowest BCUT2D eigenvalue weighted by atomic mass is 10.1. The minimum atomic E-state index is -0.603. The first-order valence-electron chi connectivity index (χ1n) is 4.20. The van der Waals surface area contributed by atoms with Gasteiger partial charge in [0.1, 0.15) is 17.9 Å². The SMILES string of the molecule is COC(=O)c1ccc(C#CCO)cc1O. The molecule has 1 aromatic carbocycles. The second-order valence-electron chi connectivity index (χ2n) is 2.68. The number of aromatic hydroxyl groups is 1. The molecule has 0 atom stereocenters. The van der Waals surface area contributed by atoms with Crippen LogP contribution >= 0.6 is 0 Å². The summed E-state index contributed by atoms with van der Waals surface area (Å²) < 4.78 is 4.46. The molecule has 0 bridgehead atoms. The number of phenols is 1. The Kier molecular flexibility index (Phi) is 3.72. The van der Waals surface area contributed by atoms with Crippen LogP contribution in [0.15, 0.2) is 18.2 Å². The van der Waals surface area contributed by atoms with E-state index >= 15 is 0 Å². The van der Waals surface area contributed by atoms with E-state index in [1.165, 1.54) is 19.2 Å². The highest BCUT2D eigenvalue weighted by Crippen LogP contribution is 2.18. The van der Waals surface area contributed by atoms with Crippen LogP contribution in [-0.2, 0) is 4.74 Å². The van der Waals surface area contributed by atoms with Gasteiger partial charge in [0, 0.05) is 5.56 Å². The Balaban J connectivity index is 3.03. The molecule has 0 unspecified atom stereocenters. The fourth-order valence-corrected chi connectivity index (χ4v) is 1.03. The maximum atomic E-state index is 11.1. The molecule has 1 rings (SSSR count). The van der Waals surface area contributed by atoms with Crippen molar-refractivity contribution in [3.8, 4) is 17.6 Å². The molecule has 1 aromatic rings. The molecule has 0 aromatic heterocycles. The van der Waals surface area contributed by atoms with Gasteiger partial charge in [-0.05, 0) is 18.2 Å². The third-order valence-corrected chi connectivity index (χ3v) is 1.71. The van der Waals surface area contributed by atoms with Crippen LogP contribution in [0.5, 0.6) is 5.75 Å². The summed E-state index contributed by atoms with van der Waals surface area (Å²) in [7, 11) is 1.24. The van der Waals surface area contributed by atoms with E-state index in [0.717, 1.165) is 0 Å². The Labute approximate surface area is 87.1 Å². The molecule has 0 saturated heterocycles. The number of phenolic OH excluding ortho intramolecular Hbond substituents is 1. The van der Waals surface area contributed by atoms with Gasteiger partial charge < -0.3 is 14.9 Å². The number of rotatable bonds is 1. The van der Waals surface area contributed by atoms with E-state index in [9.17, 15) is 9.90 Å². The summed E-state index contributed by atoms with van der Waals surface area (Å²) in [6.07, 6.45) is 0. The van der Waals surface area contributed by atoms with Crippen molar-refractivity contribution in [2.45, 2.75) is 0 Å². The third-order valence-electron chi connectivity index (χ3n) is 1.71. The van der Waals surface area contributed by atoms with Crippen molar-refractivity contribution in [3.63, 3.8) is 0 Å². The molecule has 0 fully saturated rings. The Morgan fingerprint density at radius 3 is 2.80 bits per heavy atom. The molecule has 0 aliphatic rings. The van der Waals surface area contributed by atoms with Crippen LogP contribution in [0.4, 0.5) is 0 Å². The molecule has 0 spiro atoms. The average molecular weight is 206 g/mol. The highest BCUT2D eigenvalue weighted by Gasteiger charge is 2.10. The molecule has 0 aliphatic heterocycles. The third kappa shape index (κ3) is 2.73. The second-order valence-corrected chi connectivity index (χ2v) is 2.68. The summed E-state index contributed by atoms with van der Waals surface area (Å²) in [6, 6.07) is 4.33. The van der Waals surface area contributed by atoms with Gasteiger partial charge in [-0.25, -0.2) is 4.79 Å². The lowest BCUT2D eigenvalue weighted by molar-refractivity contribution is 0.0597. The lowest BCUT2D eigenvalue weighted by Crippen LogP contribution is -2.01. The van der Waals surface area contributed by atoms with Crippen LogP contribution in [-0.4, -0.2) is 29.9 Å². The van der Waals surface area contributed by atoms with Crippen LogP contribution in [0.25, 0.3) is 0 Å². The van der Waals surface area contributed by atoms with Gasteiger partial charge in [0.05, 0.1) is 7.11 Å². The molecule has 0 saturated carbocycles. The number of aliphatic hydroxyl groups excluding tert-OH is 1. The number of aliphatic hydroxyl groups is 1. The van der Waals surface area contributed by atoms with E-state index < -0.39 is 5.97 Å². The van der Waals surface area contributed by atoms with Crippen molar-refractivity contribution in [2.75, 3.05) is 13.7 Å². The maximum Gasteiger partial charge on any atom is 0.341 e. The quantitative estimate of drug-likeness (QED) is 0.519. The fraction of sp³-hybridized carbons (Fsp3) is 0.182. The summed E-state index contributed by atoms with van der Waals surface area (Å²) in [4.78, 5) is 11.1.